The van der Waals surface area contributed by atoms with Crippen LogP contribution in [0.3, 0.4) is 0 Å². The van der Waals surface area contributed by atoms with Gasteiger partial charge in [-0.1, -0.05) is 25.3 Å². The summed E-state index contributed by atoms with van der Waals surface area (Å²) in [4.78, 5) is 27.7. The third-order valence-electron chi connectivity index (χ3n) is 3.85. The predicted molar refractivity (Wildman–Crippen MR) is 85.6 cm³/mol. The molecule has 120 valence electrons. The average molecular weight is 304 g/mol. The van der Waals surface area contributed by atoms with Crippen molar-refractivity contribution in [3.8, 4) is 0 Å². The number of nitrogens with one attached hydrogen (secondary N) is 3. The Morgan fingerprint density at radius 3 is 2.77 bits per heavy atom. The zero-order valence-electron chi connectivity index (χ0n) is 13.0. The molecule has 0 unspecified atom stereocenters. The molecule has 1 aliphatic rings. The fourth-order valence-corrected chi connectivity index (χ4v) is 2.58. The Hall–Kier alpha value is -2.11. The van der Waals surface area contributed by atoms with Crippen molar-refractivity contribution in [2.45, 2.75) is 51.5 Å². The molecule has 1 heterocycles. The molecular formula is C16H24N4O2. The Balaban J connectivity index is 1.64. The molecule has 6 heteroatoms. The lowest BCUT2D eigenvalue weighted by Crippen LogP contribution is -2.43. The SMILES string of the molecule is Cc1cccnc1NC(=O)CCNC(=O)NC1CCCCC1. The Morgan fingerprint density at radius 1 is 1.27 bits per heavy atom. The summed E-state index contributed by atoms with van der Waals surface area (Å²) in [5.41, 5.74) is 0.916. The standard InChI is InChI=1S/C16H24N4O2/c1-12-6-5-10-17-15(12)20-14(21)9-11-18-16(22)19-13-7-3-2-4-8-13/h5-6,10,13H,2-4,7-9,11H2,1H3,(H,17,20,21)(H2,18,19,22). The lowest BCUT2D eigenvalue weighted by molar-refractivity contribution is -0.116. The first-order valence-corrected chi connectivity index (χ1v) is 7.91. The lowest BCUT2D eigenvalue weighted by Gasteiger charge is -2.22. The lowest BCUT2D eigenvalue weighted by atomic mass is 9.96. The van der Waals surface area contributed by atoms with Crippen molar-refractivity contribution in [2.75, 3.05) is 11.9 Å². The maximum atomic E-state index is 11.8. The van der Waals surface area contributed by atoms with E-state index in [1.807, 2.05) is 19.1 Å². The smallest absolute Gasteiger partial charge is 0.315 e. The molecule has 1 fully saturated rings. The third-order valence-corrected chi connectivity index (χ3v) is 3.85. The van der Waals surface area contributed by atoms with E-state index in [2.05, 4.69) is 20.9 Å². The number of anilines is 1. The topological polar surface area (TPSA) is 83.1 Å². The monoisotopic (exact) mass is 304 g/mol. The van der Waals surface area contributed by atoms with Gasteiger partial charge in [-0.05, 0) is 31.4 Å². The van der Waals surface area contributed by atoms with Crippen LogP contribution in [0.15, 0.2) is 18.3 Å². The Bertz CT molecular complexity index is 513. The number of hydrogen-bond donors (Lipinski definition) is 3. The number of aryl methyl sites for hydroxylation is 1. The van der Waals surface area contributed by atoms with Crippen LogP contribution in [-0.2, 0) is 4.79 Å². The second-order valence-electron chi connectivity index (χ2n) is 5.70. The van der Waals surface area contributed by atoms with E-state index in [0.29, 0.717) is 12.4 Å². The van der Waals surface area contributed by atoms with Gasteiger partial charge in [0.05, 0.1) is 0 Å². The van der Waals surface area contributed by atoms with E-state index in [9.17, 15) is 9.59 Å². The minimum atomic E-state index is -0.186. The minimum Gasteiger partial charge on any atom is -0.338 e. The quantitative estimate of drug-likeness (QED) is 0.781. The second kappa shape index (κ2) is 8.36. The molecule has 1 saturated carbocycles. The number of urea groups is 1. The molecule has 3 amide bonds. The van der Waals surface area contributed by atoms with Crippen LogP contribution >= 0.6 is 0 Å². The molecule has 22 heavy (non-hydrogen) atoms. The number of carbonyl (C=O) groups excluding carboxylic acids is 2. The number of rotatable bonds is 5. The van der Waals surface area contributed by atoms with Gasteiger partial charge in [-0.2, -0.15) is 0 Å². The number of nitrogens with zero attached hydrogens (tertiary/aromatic N) is 1. The van der Waals surface area contributed by atoms with E-state index in [4.69, 9.17) is 0 Å². The van der Waals surface area contributed by atoms with Crippen LogP contribution in [-0.4, -0.2) is 29.5 Å². The predicted octanol–water partition coefficient (Wildman–Crippen LogP) is 2.35. The van der Waals surface area contributed by atoms with Crippen molar-refractivity contribution in [3.63, 3.8) is 0 Å². The van der Waals surface area contributed by atoms with Crippen LogP contribution < -0.4 is 16.0 Å². The molecule has 1 aliphatic carbocycles. The summed E-state index contributed by atoms with van der Waals surface area (Å²) < 4.78 is 0. The minimum absolute atomic E-state index is 0.153. The summed E-state index contributed by atoms with van der Waals surface area (Å²) >= 11 is 0. The van der Waals surface area contributed by atoms with Crippen LogP contribution in [0.2, 0.25) is 0 Å². The van der Waals surface area contributed by atoms with Gasteiger partial charge in [-0.25, -0.2) is 9.78 Å². The van der Waals surface area contributed by atoms with Crippen LogP contribution in [0, 0.1) is 6.92 Å². The number of pyridine rings is 1. The van der Waals surface area contributed by atoms with Crippen molar-refractivity contribution >= 4 is 17.8 Å². The molecule has 0 radical (unpaired) electrons. The molecule has 0 bridgehead atoms. The highest BCUT2D eigenvalue weighted by atomic mass is 16.2. The summed E-state index contributed by atoms with van der Waals surface area (Å²) in [6.07, 6.45) is 7.58. The van der Waals surface area contributed by atoms with Gasteiger partial charge < -0.3 is 16.0 Å². The van der Waals surface area contributed by atoms with Gasteiger partial charge >= 0.3 is 6.03 Å². The summed E-state index contributed by atoms with van der Waals surface area (Å²) in [6, 6.07) is 3.80. The Morgan fingerprint density at radius 2 is 2.05 bits per heavy atom. The maximum Gasteiger partial charge on any atom is 0.315 e. The van der Waals surface area contributed by atoms with Gasteiger partial charge in [-0.15, -0.1) is 0 Å². The molecule has 0 saturated heterocycles. The molecule has 6 nitrogen and oxygen atoms in total. The van der Waals surface area contributed by atoms with Crippen molar-refractivity contribution in [1.82, 2.24) is 15.6 Å². The van der Waals surface area contributed by atoms with Crippen LogP contribution in [0.1, 0.15) is 44.1 Å². The molecule has 1 aromatic rings. The normalized spacial score (nSPS) is 15.1. The van der Waals surface area contributed by atoms with E-state index in [1.54, 1.807) is 6.20 Å². The van der Waals surface area contributed by atoms with Gasteiger partial charge in [0.15, 0.2) is 0 Å². The van der Waals surface area contributed by atoms with Gasteiger partial charge in [-0.3, -0.25) is 4.79 Å². The first-order chi connectivity index (χ1) is 10.6. The first-order valence-electron chi connectivity index (χ1n) is 7.91. The molecule has 0 aliphatic heterocycles. The summed E-state index contributed by atoms with van der Waals surface area (Å²) in [5, 5.41) is 8.43. The molecule has 0 spiro atoms. The van der Waals surface area contributed by atoms with Gasteiger partial charge in [0.25, 0.3) is 0 Å². The van der Waals surface area contributed by atoms with Crippen molar-refractivity contribution in [2.24, 2.45) is 0 Å². The van der Waals surface area contributed by atoms with Crippen LogP contribution in [0.25, 0.3) is 0 Å². The second-order valence-corrected chi connectivity index (χ2v) is 5.70. The third kappa shape index (κ3) is 5.35. The van der Waals surface area contributed by atoms with Crippen molar-refractivity contribution in [3.05, 3.63) is 23.9 Å². The van der Waals surface area contributed by atoms with E-state index in [-0.39, 0.29) is 24.4 Å². The van der Waals surface area contributed by atoms with Gasteiger partial charge in [0, 0.05) is 25.2 Å². The van der Waals surface area contributed by atoms with Crippen molar-refractivity contribution < 1.29 is 9.59 Å². The fraction of sp³-hybridized carbons (Fsp3) is 0.562. The number of carbonyl (C=O) groups is 2. The van der Waals surface area contributed by atoms with Crippen LogP contribution in [0.4, 0.5) is 10.6 Å². The first kappa shape index (κ1) is 16.3. The van der Waals surface area contributed by atoms with E-state index in [1.165, 1.54) is 19.3 Å². The number of hydrogen-bond acceptors (Lipinski definition) is 3. The summed E-state index contributed by atoms with van der Waals surface area (Å²) in [5.74, 6) is 0.416. The maximum absolute atomic E-state index is 11.8. The highest BCUT2D eigenvalue weighted by Gasteiger charge is 2.15. The summed E-state index contributed by atoms with van der Waals surface area (Å²) in [6.45, 7) is 2.20. The molecule has 2 rings (SSSR count). The van der Waals surface area contributed by atoms with Crippen LogP contribution in [0.5, 0.6) is 0 Å². The highest BCUT2D eigenvalue weighted by Crippen LogP contribution is 2.17. The Labute approximate surface area is 131 Å². The molecule has 0 atom stereocenters. The Kier molecular flexibility index (Phi) is 6.18. The largest absolute Gasteiger partial charge is 0.338 e. The van der Waals surface area contributed by atoms with E-state index < -0.39 is 0 Å². The fourth-order valence-electron chi connectivity index (χ4n) is 2.58. The molecule has 1 aromatic heterocycles. The zero-order valence-corrected chi connectivity index (χ0v) is 13.0. The summed E-state index contributed by atoms with van der Waals surface area (Å²) in [7, 11) is 0. The highest BCUT2D eigenvalue weighted by molar-refractivity contribution is 5.90. The van der Waals surface area contributed by atoms with E-state index >= 15 is 0 Å². The van der Waals surface area contributed by atoms with Crippen molar-refractivity contribution in [1.29, 1.82) is 0 Å². The zero-order chi connectivity index (χ0) is 15.8. The molecular weight excluding hydrogens is 280 g/mol. The number of amides is 3. The van der Waals surface area contributed by atoms with E-state index in [0.717, 1.165) is 18.4 Å². The van der Waals surface area contributed by atoms with Gasteiger partial charge in [0.1, 0.15) is 5.82 Å². The van der Waals surface area contributed by atoms with Gasteiger partial charge in [0.2, 0.25) is 5.91 Å². The number of aromatic nitrogens is 1. The average Bonchev–Trinajstić information content (AvgIpc) is 2.50. The molecule has 0 aromatic carbocycles. The molecule has 3 N–H and O–H groups in total.